The molecule has 1 amide bonds. The van der Waals surface area contributed by atoms with Crippen molar-refractivity contribution in [1.82, 2.24) is 19.8 Å². The fourth-order valence-corrected chi connectivity index (χ4v) is 4.95. The average molecular weight is 445 g/mol. The van der Waals surface area contributed by atoms with Crippen molar-refractivity contribution >= 4 is 28.3 Å². The molecule has 2 fully saturated rings. The lowest BCUT2D eigenvalue weighted by atomic mass is 10.0. The fourth-order valence-electron chi connectivity index (χ4n) is 4.95. The standard InChI is InChI=1S/C26H32N6O/c1-2-11-29-12-14-32(15-13-29)26(33)23-20-28-25(22-8-4-3-7-21(22)23)31-18-16-30(17-19-31)24-9-5-6-10-27-24/h3-10,20H,2,11-19H2,1H3. The third kappa shape index (κ3) is 4.50. The van der Waals surface area contributed by atoms with Gasteiger partial charge in [-0.05, 0) is 30.5 Å². The van der Waals surface area contributed by atoms with Crippen LogP contribution in [0, 0.1) is 0 Å². The van der Waals surface area contributed by atoms with E-state index in [-0.39, 0.29) is 5.91 Å². The Morgan fingerprint density at radius 3 is 2.21 bits per heavy atom. The molecule has 2 saturated heterocycles. The third-order valence-corrected chi connectivity index (χ3v) is 6.76. The van der Waals surface area contributed by atoms with E-state index in [0.717, 1.165) is 87.7 Å². The molecule has 2 aliphatic heterocycles. The van der Waals surface area contributed by atoms with Crippen molar-refractivity contribution in [3.05, 3.63) is 60.4 Å². The van der Waals surface area contributed by atoms with Gasteiger partial charge in [-0.2, -0.15) is 0 Å². The molecular formula is C26H32N6O. The summed E-state index contributed by atoms with van der Waals surface area (Å²) in [5.41, 5.74) is 0.713. The first kappa shape index (κ1) is 21.6. The molecule has 5 rings (SSSR count). The molecule has 2 aromatic heterocycles. The first-order valence-corrected chi connectivity index (χ1v) is 12.0. The number of nitrogens with zero attached hydrogens (tertiary/aromatic N) is 6. The molecule has 3 aromatic rings. The van der Waals surface area contributed by atoms with E-state index >= 15 is 0 Å². The quantitative estimate of drug-likeness (QED) is 0.603. The summed E-state index contributed by atoms with van der Waals surface area (Å²) in [4.78, 5) is 31.8. The van der Waals surface area contributed by atoms with Gasteiger partial charge in [-0.3, -0.25) is 9.69 Å². The maximum absolute atomic E-state index is 13.4. The van der Waals surface area contributed by atoms with Gasteiger partial charge in [0.1, 0.15) is 11.6 Å². The number of amides is 1. The van der Waals surface area contributed by atoms with Crippen LogP contribution in [-0.2, 0) is 0 Å². The van der Waals surface area contributed by atoms with E-state index in [0.29, 0.717) is 5.56 Å². The highest BCUT2D eigenvalue weighted by Gasteiger charge is 2.26. The van der Waals surface area contributed by atoms with E-state index in [1.807, 2.05) is 35.4 Å². The Morgan fingerprint density at radius 1 is 0.818 bits per heavy atom. The number of piperazine rings is 2. The lowest BCUT2D eigenvalue weighted by Gasteiger charge is -2.37. The van der Waals surface area contributed by atoms with Gasteiger partial charge in [-0.15, -0.1) is 0 Å². The second kappa shape index (κ2) is 9.75. The van der Waals surface area contributed by atoms with Gasteiger partial charge in [0.15, 0.2) is 0 Å². The normalized spacial score (nSPS) is 17.5. The second-order valence-corrected chi connectivity index (χ2v) is 8.84. The van der Waals surface area contributed by atoms with E-state index in [1.165, 1.54) is 0 Å². The van der Waals surface area contributed by atoms with Gasteiger partial charge in [-0.25, -0.2) is 9.97 Å². The summed E-state index contributed by atoms with van der Waals surface area (Å²) in [7, 11) is 0. The monoisotopic (exact) mass is 444 g/mol. The Kier molecular flexibility index (Phi) is 6.39. The van der Waals surface area contributed by atoms with E-state index in [2.05, 4.69) is 44.8 Å². The van der Waals surface area contributed by atoms with Crippen molar-refractivity contribution in [3.63, 3.8) is 0 Å². The predicted octanol–water partition coefficient (Wildman–Crippen LogP) is 3.12. The van der Waals surface area contributed by atoms with Gasteiger partial charge >= 0.3 is 0 Å². The molecule has 0 bridgehead atoms. The van der Waals surface area contributed by atoms with Gasteiger partial charge in [-0.1, -0.05) is 37.3 Å². The van der Waals surface area contributed by atoms with Gasteiger partial charge in [0.2, 0.25) is 0 Å². The Bertz CT molecular complexity index is 1090. The Balaban J connectivity index is 1.34. The molecule has 7 nitrogen and oxygen atoms in total. The zero-order chi connectivity index (χ0) is 22.6. The van der Waals surface area contributed by atoms with Crippen molar-refractivity contribution in [2.75, 3.05) is 68.7 Å². The molecule has 0 aliphatic carbocycles. The maximum atomic E-state index is 13.4. The van der Waals surface area contributed by atoms with Crippen molar-refractivity contribution in [1.29, 1.82) is 0 Å². The molecule has 2 aliphatic rings. The highest BCUT2D eigenvalue weighted by Crippen LogP contribution is 2.29. The second-order valence-electron chi connectivity index (χ2n) is 8.84. The van der Waals surface area contributed by atoms with Crippen LogP contribution in [0.5, 0.6) is 0 Å². The predicted molar refractivity (Wildman–Crippen MR) is 133 cm³/mol. The van der Waals surface area contributed by atoms with Crippen LogP contribution in [0.4, 0.5) is 11.6 Å². The van der Waals surface area contributed by atoms with Crippen molar-refractivity contribution in [3.8, 4) is 0 Å². The molecule has 0 atom stereocenters. The Labute approximate surface area is 195 Å². The molecule has 7 heteroatoms. The zero-order valence-corrected chi connectivity index (χ0v) is 19.4. The van der Waals surface area contributed by atoms with Gasteiger partial charge in [0.05, 0.1) is 5.56 Å². The summed E-state index contributed by atoms with van der Waals surface area (Å²) in [6.45, 7) is 10.3. The van der Waals surface area contributed by atoms with Gasteiger partial charge in [0, 0.05) is 70.1 Å². The average Bonchev–Trinajstić information content (AvgIpc) is 2.89. The van der Waals surface area contributed by atoms with Crippen LogP contribution in [0.15, 0.2) is 54.9 Å². The number of benzene rings is 1. The summed E-state index contributed by atoms with van der Waals surface area (Å²) in [6, 6.07) is 14.2. The Morgan fingerprint density at radius 2 is 1.52 bits per heavy atom. The number of hydrogen-bond donors (Lipinski definition) is 0. The zero-order valence-electron chi connectivity index (χ0n) is 19.4. The van der Waals surface area contributed by atoms with Crippen molar-refractivity contribution < 1.29 is 4.79 Å². The number of carbonyl (C=O) groups is 1. The minimum atomic E-state index is 0.0985. The molecule has 33 heavy (non-hydrogen) atoms. The van der Waals surface area contributed by atoms with E-state index in [1.54, 1.807) is 6.20 Å². The van der Waals surface area contributed by atoms with Crippen LogP contribution in [-0.4, -0.2) is 84.6 Å². The molecule has 4 heterocycles. The van der Waals surface area contributed by atoms with Crippen LogP contribution >= 0.6 is 0 Å². The minimum absolute atomic E-state index is 0.0985. The summed E-state index contributed by atoms with van der Waals surface area (Å²) < 4.78 is 0. The van der Waals surface area contributed by atoms with Crippen LogP contribution in [0.2, 0.25) is 0 Å². The molecule has 172 valence electrons. The van der Waals surface area contributed by atoms with E-state index < -0.39 is 0 Å². The molecule has 1 aromatic carbocycles. The fraction of sp³-hybridized carbons (Fsp3) is 0.423. The molecular weight excluding hydrogens is 412 g/mol. The van der Waals surface area contributed by atoms with E-state index in [4.69, 9.17) is 4.98 Å². The largest absolute Gasteiger partial charge is 0.353 e. The van der Waals surface area contributed by atoms with Gasteiger partial charge < -0.3 is 14.7 Å². The Hall–Kier alpha value is -3.19. The molecule has 0 N–H and O–H groups in total. The smallest absolute Gasteiger partial charge is 0.256 e. The number of aromatic nitrogens is 2. The molecule has 0 saturated carbocycles. The number of anilines is 2. The molecule has 0 unspecified atom stereocenters. The highest BCUT2D eigenvalue weighted by molar-refractivity contribution is 6.09. The number of rotatable bonds is 5. The van der Waals surface area contributed by atoms with Gasteiger partial charge in [0.25, 0.3) is 5.91 Å². The number of fused-ring (bicyclic) bond motifs is 1. The number of carbonyl (C=O) groups excluding carboxylic acids is 1. The van der Waals surface area contributed by atoms with Crippen LogP contribution in [0.3, 0.4) is 0 Å². The van der Waals surface area contributed by atoms with Crippen molar-refractivity contribution in [2.45, 2.75) is 13.3 Å². The number of hydrogen-bond acceptors (Lipinski definition) is 6. The summed E-state index contributed by atoms with van der Waals surface area (Å²) in [5.74, 6) is 2.09. The van der Waals surface area contributed by atoms with Crippen LogP contribution < -0.4 is 9.80 Å². The van der Waals surface area contributed by atoms with Crippen LogP contribution in [0.1, 0.15) is 23.7 Å². The third-order valence-electron chi connectivity index (χ3n) is 6.76. The molecule has 0 radical (unpaired) electrons. The first-order chi connectivity index (χ1) is 16.2. The lowest BCUT2D eigenvalue weighted by molar-refractivity contribution is 0.0639. The van der Waals surface area contributed by atoms with E-state index in [9.17, 15) is 4.79 Å². The number of pyridine rings is 2. The SMILES string of the molecule is CCCN1CCN(C(=O)c2cnc(N3CCN(c4ccccn4)CC3)c3ccccc23)CC1. The summed E-state index contributed by atoms with van der Waals surface area (Å²) in [5, 5.41) is 2.05. The first-order valence-electron chi connectivity index (χ1n) is 12.0. The summed E-state index contributed by atoms with van der Waals surface area (Å²) in [6.07, 6.45) is 4.79. The van der Waals surface area contributed by atoms with Crippen molar-refractivity contribution in [2.24, 2.45) is 0 Å². The lowest BCUT2D eigenvalue weighted by Crippen LogP contribution is -2.49. The topological polar surface area (TPSA) is 55.8 Å². The van der Waals surface area contributed by atoms with Crippen LogP contribution in [0.25, 0.3) is 10.8 Å². The molecule has 0 spiro atoms. The highest BCUT2D eigenvalue weighted by atomic mass is 16.2. The summed E-state index contributed by atoms with van der Waals surface area (Å²) >= 11 is 0. The maximum Gasteiger partial charge on any atom is 0.256 e. The minimum Gasteiger partial charge on any atom is -0.353 e.